The van der Waals surface area contributed by atoms with E-state index in [0.29, 0.717) is 28.5 Å². The van der Waals surface area contributed by atoms with Crippen LogP contribution in [0.5, 0.6) is 0 Å². The SMILES string of the molecule is CC(NC(=O)c1cccc(Cl)c1)c1nc2ccccc2n1Cc1ccccc1F. The van der Waals surface area contributed by atoms with Gasteiger partial charge in [-0.1, -0.05) is 48.0 Å². The Hall–Kier alpha value is -3.18. The minimum atomic E-state index is -0.388. The minimum absolute atomic E-state index is 0.246. The van der Waals surface area contributed by atoms with Crippen LogP contribution >= 0.6 is 11.6 Å². The highest BCUT2D eigenvalue weighted by Gasteiger charge is 2.20. The van der Waals surface area contributed by atoms with Gasteiger partial charge in [0, 0.05) is 16.1 Å². The van der Waals surface area contributed by atoms with Gasteiger partial charge in [0.05, 0.1) is 23.6 Å². The van der Waals surface area contributed by atoms with Gasteiger partial charge in [0.2, 0.25) is 0 Å². The van der Waals surface area contributed by atoms with Crippen molar-refractivity contribution in [3.8, 4) is 0 Å². The summed E-state index contributed by atoms with van der Waals surface area (Å²) >= 11 is 5.99. The summed E-state index contributed by atoms with van der Waals surface area (Å²) in [6, 6.07) is 20.7. The standard InChI is InChI=1S/C23H19ClFN3O/c1-15(26-23(29)16-8-6-9-18(24)13-16)22-27-20-11-4-5-12-21(20)28(22)14-17-7-2-3-10-19(17)25/h2-13,15H,14H2,1H3,(H,26,29). The largest absolute Gasteiger partial charge is 0.342 e. The molecule has 1 amide bonds. The van der Waals surface area contributed by atoms with E-state index in [2.05, 4.69) is 5.32 Å². The second-order valence-electron chi connectivity index (χ2n) is 6.84. The minimum Gasteiger partial charge on any atom is -0.342 e. The highest BCUT2D eigenvalue weighted by molar-refractivity contribution is 6.30. The van der Waals surface area contributed by atoms with Gasteiger partial charge in [-0.25, -0.2) is 9.37 Å². The molecule has 29 heavy (non-hydrogen) atoms. The second kappa shape index (κ2) is 8.05. The van der Waals surface area contributed by atoms with E-state index in [9.17, 15) is 9.18 Å². The number of aromatic nitrogens is 2. The summed E-state index contributed by atoms with van der Waals surface area (Å²) in [5.41, 5.74) is 2.71. The molecule has 146 valence electrons. The average molecular weight is 408 g/mol. The average Bonchev–Trinajstić information content (AvgIpc) is 3.08. The lowest BCUT2D eigenvalue weighted by molar-refractivity contribution is 0.0937. The van der Waals surface area contributed by atoms with Gasteiger partial charge in [-0.05, 0) is 43.3 Å². The Morgan fingerprint density at radius 2 is 1.86 bits per heavy atom. The molecule has 0 fully saturated rings. The number of rotatable bonds is 5. The summed E-state index contributed by atoms with van der Waals surface area (Å²) in [5.74, 6) is 0.140. The maximum atomic E-state index is 14.3. The highest BCUT2D eigenvalue weighted by atomic mass is 35.5. The zero-order valence-corrected chi connectivity index (χ0v) is 16.5. The van der Waals surface area contributed by atoms with Gasteiger partial charge in [0.25, 0.3) is 5.91 Å². The predicted octanol–water partition coefficient (Wildman–Crippen LogP) is 5.37. The molecule has 0 bridgehead atoms. The summed E-state index contributed by atoms with van der Waals surface area (Å²) in [5, 5.41) is 3.46. The molecule has 4 nitrogen and oxygen atoms in total. The Kier molecular flexibility index (Phi) is 5.32. The van der Waals surface area contributed by atoms with Crippen LogP contribution in [0.2, 0.25) is 5.02 Å². The van der Waals surface area contributed by atoms with Crippen LogP contribution in [-0.2, 0) is 6.54 Å². The van der Waals surface area contributed by atoms with Crippen molar-refractivity contribution in [2.75, 3.05) is 0 Å². The topological polar surface area (TPSA) is 46.9 Å². The molecular weight excluding hydrogens is 389 g/mol. The van der Waals surface area contributed by atoms with Gasteiger partial charge < -0.3 is 9.88 Å². The molecule has 1 N–H and O–H groups in total. The normalized spacial score (nSPS) is 12.1. The van der Waals surface area contributed by atoms with E-state index < -0.39 is 0 Å². The van der Waals surface area contributed by atoms with Crippen LogP contribution in [0.25, 0.3) is 11.0 Å². The maximum Gasteiger partial charge on any atom is 0.251 e. The van der Waals surface area contributed by atoms with Gasteiger partial charge >= 0.3 is 0 Å². The molecule has 1 aromatic heterocycles. The number of hydrogen-bond acceptors (Lipinski definition) is 2. The third kappa shape index (κ3) is 4.00. The number of benzene rings is 3. The molecule has 0 aliphatic rings. The van der Waals surface area contributed by atoms with Gasteiger partial charge in [-0.2, -0.15) is 0 Å². The lowest BCUT2D eigenvalue weighted by Gasteiger charge is -2.17. The van der Waals surface area contributed by atoms with Gasteiger partial charge in [0.1, 0.15) is 11.6 Å². The molecule has 6 heteroatoms. The van der Waals surface area contributed by atoms with Crippen molar-refractivity contribution in [3.05, 3.63) is 101 Å². The van der Waals surface area contributed by atoms with E-state index in [4.69, 9.17) is 16.6 Å². The molecular formula is C23H19ClFN3O. The van der Waals surface area contributed by atoms with Crippen molar-refractivity contribution in [2.24, 2.45) is 0 Å². The molecule has 0 spiro atoms. The summed E-state index contributed by atoms with van der Waals surface area (Å²) < 4.78 is 16.2. The van der Waals surface area contributed by atoms with E-state index in [1.807, 2.05) is 41.8 Å². The molecule has 1 atom stereocenters. The Balaban J connectivity index is 1.69. The van der Waals surface area contributed by atoms with E-state index in [0.717, 1.165) is 11.0 Å². The fourth-order valence-electron chi connectivity index (χ4n) is 3.36. The van der Waals surface area contributed by atoms with Crippen LogP contribution in [0, 0.1) is 5.82 Å². The summed E-state index contributed by atoms with van der Waals surface area (Å²) in [6.07, 6.45) is 0. The Morgan fingerprint density at radius 3 is 2.66 bits per heavy atom. The fourth-order valence-corrected chi connectivity index (χ4v) is 3.55. The highest BCUT2D eigenvalue weighted by Crippen LogP contribution is 2.23. The van der Waals surface area contributed by atoms with Crippen molar-refractivity contribution in [2.45, 2.75) is 19.5 Å². The Labute approximate surface area is 173 Å². The fraction of sp³-hybridized carbons (Fsp3) is 0.130. The van der Waals surface area contributed by atoms with Crippen LogP contribution < -0.4 is 5.32 Å². The van der Waals surface area contributed by atoms with E-state index in [-0.39, 0.29) is 17.8 Å². The molecule has 1 unspecified atom stereocenters. The van der Waals surface area contributed by atoms with E-state index in [1.54, 1.807) is 36.4 Å². The third-order valence-corrected chi connectivity index (χ3v) is 5.03. The maximum absolute atomic E-state index is 14.3. The first-order chi connectivity index (χ1) is 14.0. The van der Waals surface area contributed by atoms with Crippen LogP contribution in [0.1, 0.15) is 34.7 Å². The van der Waals surface area contributed by atoms with Crippen molar-refractivity contribution in [1.29, 1.82) is 0 Å². The molecule has 1 heterocycles. The lowest BCUT2D eigenvalue weighted by Crippen LogP contribution is -2.29. The number of para-hydroxylation sites is 2. The molecule has 4 aromatic rings. The lowest BCUT2D eigenvalue weighted by atomic mass is 10.2. The first kappa shape index (κ1) is 19.2. The summed E-state index contributed by atoms with van der Waals surface area (Å²) in [4.78, 5) is 17.4. The second-order valence-corrected chi connectivity index (χ2v) is 7.28. The number of nitrogens with one attached hydrogen (secondary N) is 1. The van der Waals surface area contributed by atoms with Crippen molar-refractivity contribution in [3.63, 3.8) is 0 Å². The zero-order valence-electron chi connectivity index (χ0n) is 15.8. The smallest absolute Gasteiger partial charge is 0.251 e. The predicted molar refractivity (Wildman–Crippen MR) is 113 cm³/mol. The quantitative estimate of drug-likeness (QED) is 0.483. The first-order valence-corrected chi connectivity index (χ1v) is 9.66. The number of halogens is 2. The number of nitrogens with zero attached hydrogens (tertiary/aromatic N) is 2. The number of amides is 1. The summed E-state index contributed by atoms with van der Waals surface area (Å²) in [7, 11) is 0. The molecule has 0 saturated heterocycles. The third-order valence-electron chi connectivity index (χ3n) is 4.79. The number of carbonyl (C=O) groups excluding carboxylic acids is 1. The van der Waals surface area contributed by atoms with Crippen LogP contribution in [0.15, 0.2) is 72.8 Å². The first-order valence-electron chi connectivity index (χ1n) is 9.28. The van der Waals surface area contributed by atoms with E-state index in [1.165, 1.54) is 6.07 Å². The number of hydrogen-bond donors (Lipinski definition) is 1. The molecule has 3 aromatic carbocycles. The Bertz CT molecular complexity index is 1190. The summed E-state index contributed by atoms with van der Waals surface area (Å²) in [6.45, 7) is 2.18. The molecule has 0 saturated carbocycles. The van der Waals surface area contributed by atoms with Crippen LogP contribution in [0.3, 0.4) is 0 Å². The van der Waals surface area contributed by atoms with Gasteiger partial charge in [-0.3, -0.25) is 4.79 Å². The monoisotopic (exact) mass is 407 g/mol. The Morgan fingerprint density at radius 1 is 1.10 bits per heavy atom. The van der Waals surface area contributed by atoms with Crippen molar-refractivity contribution >= 4 is 28.5 Å². The van der Waals surface area contributed by atoms with Gasteiger partial charge in [0.15, 0.2) is 0 Å². The molecule has 0 aliphatic heterocycles. The number of carbonyl (C=O) groups is 1. The number of imidazole rings is 1. The van der Waals surface area contributed by atoms with E-state index >= 15 is 0 Å². The molecule has 0 aliphatic carbocycles. The van der Waals surface area contributed by atoms with Crippen molar-refractivity contribution in [1.82, 2.24) is 14.9 Å². The number of fused-ring (bicyclic) bond motifs is 1. The molecule has 0 radical (unpaired) electrons. The molecule has 4 rings (SSSR count). The van der Waals surface area contributed by atoms with Crippen LogP contribution in [-0.4, -0.2) is 15.5 Å². The van der Waals surface area contributed by atoms with Crippen molar-refractivity contribution < 1.29 is 9.18 Å². The van der Waals surface area contributed by atoms with Crippen LogP contribution in [0.4, 0.5) is 4.39 Å². The van der Waals surface area contributed by atoms with Gasteiger partial charge in [-0.15, -0.1) is 0 Å². The zero-order chi connectivity index (χ0) is 20.4.